The molecule has 2 atom stereocenters. The van der Waals surface area contributed by atoms with Crippen LogP contribution >= 0.6 is 0 Å². The molecule has 0 N–H and O–H groups in total. The van der Waals surface area contributed by atoms with Crippen LogP contribution in [0.15, 0.2) is 30.6 Å². The Kier molecular flexibility index (Phi) is 8.04. The number of aryl methyl sites for hydroxylation is 2. The summed E-state index contributed by atoms with van der Waals surface area (Å²) in [5.74, 6) is 2.41. The monoisotopic (exact) mass is 600 g/mol. The van der Waals surface area contributed by atoms with Gasteiger partial charge >= 0.3 is 6.18 Å². The maximum atomic E-state index is 14.9. The minimum Gasteiger partial charge on any atom is -0.493 e. The smallest absolute Gasteiger partial charge is 0.435 e. The van der Waals surface area contributed by atoms with Crippen LogP contribution in [0.4, 0.5) is 23.5 Å². The van der Waals surface area contributed by atoms with Crippen molar-refractivity contribution in [3.63, 3.8) is 0 Å². The number of nitrogens with zero attached hydrogens (tertiary/aromatic N) is 6. The maximum absolute atomic E-state index is 14.9. The molecular formula is C31H36F4N6O2. The third-order valence-electron chi connectivity index (χ3n) is 9.16. The summed E-state index contributed by atoms with van der Waals surface area (Å²) in [7, 11) is 1.44. The number of fused-ring (bicyclic) bond motifs is 1. The highest BCUT2D eigenvalue weighted by Gasteiger charge is 2.43. The Balaban J connectivity index is 0.941. The van der Waals surface area contributed by atoms with E-state index in [1.54, 1.807) is 12.1 Å². The molecule has 3 aromatic rings. The summed E-state index contributed by atoms with van der Waals surface area (Å²) >= 11 is 0. The number of anilines is 1. The minimum absolute atomic E-state index is 0.0129. The molecule has 2 fully saturated rings. The van der Waals surface area contributed by atoms with Crippen molar-refractivity contribution in [3.8, 4) is 5.75 Å². The van der Waals surface area contributed by atoms with E-state index in [0.29, 0.717) is 35.8 Å². The topological polar surface area (TPSA) is 76.4 Å². The van der Waals surface area contributed by atoms with Crippen molar-refractivity contribution in [1.29, 1.82) is 0 Å². The Hall–Kier alpha value is -3.70. The number of piperidine rings is 1. The molecule has 1 aliphatic carbocycles. The van der Waals surface area contributed by atoms with Crippen LogP contribution in [0.5, 0.6) is 5.75 Å². The fraction of sp³-hybridized carbons (Fsp3) is 0.548. The summed E-state index contributed by atoms with van der Waals surface area (Å²) in [4.78, 5) is 25.5. The fourth-order valence-electron chi connectivity index (χ4n) is 6.63. The van der Waals surface area contributed by atoms with E-state index in [1.807, 2.05) is 19.3 Å². The van der Waals surface area contributed by atoms with E-state index < -0.39 is 17.7 Å². The van der Waals surface area contributed by atoms with Gasteiger partial charge in [-0.05, 0) is 74.0 Å². The van der Waals surface area contributed by atoms with Crippen LogP contribution in [0.1, 0.15) is 53.8 Å². The van der Waals surface area contributed by atoms with Crippen molar-refractivity contribution in [2.75, 3.05) is 31.1 Å². The number of benzene rings is 1. The molecule has 1 saturated heterocycles. The number of carbonyl (C=O) groups is 1. The number of ether oxygens (including phenoxy) is 1. The van der Waals surface area contributed by atoms with Crippen LogP contribution in [0, 0.1) is 30.5 Å². The lowest BCUT2D eigenvalue weighted by Crippen LogP contribution is -2.37. The molecule has 8 nitrogen and oxygen atoms in total. The number of aromatic nitrogens is 4. The van der Waals surface area contributed by atoms with Gasteiger partial charge in [-0.3, -0.25) is 9.48 Å². The third kappa shape index (κ3) is 6.47. The van der Waals surface area contributed by atoms with Crippen molar-refractivity contribution < 1.29 is 27.1 Å². The normalized spacial score (nSPS) is 20.7. The highest BCUT2D eigenvalue weighted by Crippen LogP contribution is 2.50. The maximum Gasteiger partial charge on any atom is 0.435 e. The standard InChI is InChI=1S/C31H36F4N6O2/c1-19-16-36-30(37-17-19)40-9-5-20(6-10-40)25-13-21(25)8-12-43-23-4-3-22(26(32)15-23)14-28(42)41-11-7-24-27(18-41)39(2)38-29(24)31(33,34)35/h3-4,15-17,20-21,25H,5-14,18H2,1-2H3/t21-,25-/m1/s1. The van der Waals surface area contributed by atoms with Gasteiger partial charge in [0.25, 0.3) is 0 Å². The summed E-state index contributed by atoms with van der Waals surface area (Å²) in [6.45, 7) is 4.59. The van der Waals surface area contributed by atoms with Crippen molar-refractivity contribution >= 4 is 11.9 Å². The van der Waals surface area contributed by atoms with E-state index in [-0.39, 0.29) is 43.0 Å². The van der Waals surface area contributed by atoms with E-state index in [9.17, 15) is 22.4 Å². The summed E-state index contributed by atoms with van der Waals surface area (Å²) in [6.07, 6.45) is 3.47. The number of hydrogen-bond donors (Lipinski definition) is 0. The molecule has 43 heavy (non-hydrogen) atoms. The average molecular weight is 601 g/mol. The SMILES string of the molecule is Cc1cnc(N2CCC([C@H]3C[C@H]3CCOc3ccc(CC(=O)N4CCc5c(C(F)(F)F)nn(C)c5C4)c(F)c3)CC2)nc1. The van der Waals surface area contributed by atoms with Crippen molar-refractivity contribution in [3.05, 3.63) is 64.5 Å². The van der Waals surface area contributed by atoms with Gasteiger partial charge < -0.3 is 14.5 Å². The zero-order valence-electron chi connectivity index (χ0n) is 24.4. The fourth-order valence-corrected chi connectivity index (χ4v) is 6.63. The first kappa shape index (κ1) is 29.4. The van der Waals surface area contributed by atoms with Gasteiger partial charge in [0.1, 0.15) is 11.6 Å². The third-order valence-corrected chi connectivity index (χ3v) is 9.16. The van der Waals surface area contributed by atoms with Gasteiger partial charge in [-0.2, -0.15) is 18.3 Å². The highest BCUT2D eigenvalue weighted by molar-refractivity contribution is 5.79. The average Bonchev–Trinajstić information content (AvgIpc) is 3.68. The van der Waals surface area contributed by atoms with Gasteiger partial charge in [-0.15, -0.1) is 0 Å². The Morgan fingerprint density at radius 1 is 1.12 bits per heavy atom. The Morgan fingerprint density at radius 3 is 2.56 bits per heavy atom. The lowest BCUT2D eigenvalue weighted by Gasteiger charge is -2.32. The second-order valence-corrected chi connectivity index (χ2v) is 12.1. The largest absolute Gasteiger partial charge is 0.493 e. The van der Waals surface area contributed by atoms with Gasteiger partial charge in [0, 0.05) is 50.7 Å². The number of alkyl halides is 3. The van der Waals surface area contributed by atoms with Crippen LogP contribution < -0.4 is 9.64 Å². The first-order valence-corrected chi connectivity index (χ1v) is 14.9. The minimum atomic E-state index is -4.54. The van der Waals surface area contributed by atoms with Crippen LogP contribution in [0.2, 0.25) is 0 Å². The molecule has 1 amide bonds. The molecule has 0 spiro atoms. The molecule has 12 heteroatoms. The van der Waals surface area contributed by atoms with Crippen molar-refractivity contribution in [2.24, 2.45) is 24.8 Å². The van der Waals surface area contributed by atoms with Gasteiger partial charge in [0.2, 0.25) is 11.9 Å². The quantitative estimate of drug-likeness (QED) is 0.334. The summed E-state index contributed by atoms with van der Waals surface area (Å²) in [5, 5.41) is 3.62. The van der Waals surface area contributed by atoms with Crippen molar-refractivity contribution in [1.82, 2.24) is 24.6 Å². The number of rotatable bonds is 8. The molecule has 3 aliphatic rings. The lowest BCUT2D eigenvalue weighted by molar-refractivity contribution is -0.142. The molecule has 6 rings (SSSR count). The highest BCUT2D eigenvalue weighted by atomic mass is 19.4. The molecule has 1 aromatic carbocycles. The van der Waals surface area contributed by atoms with Gasteiger partial charge in [0.05, 0.1) is 25.3 Å². The molecule has 2 aromatic heterocycles. The van der Waals surface area contributed by atoms with Crippen LogP contribution in [0.3, 0.4) is 0 Å². The van der Waals surface area contributed by atoms with Crippen LogP contribution in [-0.4, -0.2) is 56.8 Å². The zero-order valence-corrected chi connectivity index (χ0v) is 24.4. The van der Waals surface area contributed by atoms with Crippen LogP contribution in [-0.2, 0) is 37.4 Å². The van der Waals surface area contributed by atoms with Gasteiger partial charge in [-0.25, -0.2) is 14.4 Å². The molecule has 1 saturated carbocycles. The van der Waals surface area contributed by atoms with Crippen LogP contribution in [0.25, 0.3) is 0 Å². The predicted octanol–water partition coefficient (Wildman–Crippen LogP) is 5.13. The van der Waals surface area contributed by atoms with E-state index in [0.717, 1.165) is 43.9 Å². The molecule has 2 aliphatic heterocycles. The lowest BCUT2D eigenvalue weighted by atomic mass is 9.90. The predicted molar refractivity (Wildman–Crippen MR) is 151 cm³/mol. The first-order chi connectivity index (χ1) is 20.6. The number of amides is 1. The molecule has 0 unspecified atom stereocenters. The molecule has 0 bridgehead atoms. The van der Waals surface area contributed by atoms with E-state index in [1.165, 1.54) is 29.1 Å². The first-order valence-electron chi connectivity index (χ1n) is 14.9. The van der Waals surface area contributed by atoms with E-state index >= 15 is 0 Å². The van der Waals surface area contributed by atoms with Gasteiger partial charge in [-0.1, -0.05) is 6.07 Å². The molecule has 230 valence electrons. The Labute approximate surface area is 248 Å². The van der Waals surface area contributed by atoms with E-state index in [2.05, 4.69) is 20.0 Å². The summed E-state index contributed by atoms with van der Waals surface area (Å²) < 4.78 is 61.8. The summed E-state index contributed by atoms with van der Waals surface area (Å²) in [6, 6.07) is 4.53. The molecule has 0 radical (unpaired) electrons. The molecular weight excluding hydrogens is 564 g/mol. The zero-order chi connectivity index (χ0) is 30.3. The number of hydrogen-bond acceptors (Lipinski definition) is 6. The van der Waals surface area contributed by atoms with Crippen molar-refractivity contribution in [2.45, 2.75) is 58.2 Å². The number of carbonyl (C=O) groups excluding carboxylic acids is 1. The number of halogens is 4. The summed E-state index contributed by atoms with van der Waals surface area (Å²) in [5.41, 5.74) is 0.878. The second kappa shape index (κ2) is 11.8. The molecule has 4 heterocycles. The van der Waals surface area contributed by atoms with E-state index in [4.69, 9.17) is 4.74 Å². The second-order valence-electron chi connectivity index (χ2n) is 12.1. The Morgan fingerprint density at radius 2 is 1.86 bits per heavy atom. The van der Waals surface area contributed by atoms with Gasteiger partial charge in [0.15, 0.2) is 5.69 Å². The Bertz CT molecular complexity index is 1470.